The van der Waals surface area contributed by atoms with E-state index in [1.54, 1.807) is 18.5 Å². The number of aromatic amines is 1. The second kappa shape index (κ2) is 8.00. The molecule has 0 aliphatic carbocycles. The SMILES string of the molecule is CN(c1ccc(-c2ccc(-c3cn[nH]c3)cc2O)nn1)C1C[C@H]2CC[C@@H](C1)N2.Cl. The summed E-state index contributed by atoms with van der Waals surface area (Å²) in [6, 6.07) is 11.3. The molecule has 5 rings (SSSR count). The molecule has 152 valence electrons. The van der Waals surface area contributed by atoms with Gasteiger partial charge >= 0.3 is 0 Å². The maximum Gasteiger partial charge on any atom is 0.151 e. The number of benzene rings is 1. The normalized spacial score (nSPS) is 22.9. The molecule has 2 bridgehead atoms. The highest BCUT2D eigenvalue weighted by Crippen LogP contribution is 2.33. The number of H-pyrrole nitrogens is 1. The largest absolute Gasteiger partial charge is 0.507 e. The number of rotatable bonds is 4. The molecular formula is C21H25ClN6O. The number of phenols is 1. The highest BCUT2D eigenvalue weighted by molar-refractivity contribution is 5.85. The predicted molar refractivity (Wildman–Crippen MR) is 115 cm³/mol. The first-order valence-electron chi connectivity index (χ1n) is 9.82. The van der Waals surface area contributed by atoms with Crippen LogP contribution < -0.4 is 10.2 Å². The van der Waals surface area contributed by atoms with Gasteiger partial charge in [0.2, 0.25) is 0 Å². The minimum Gasteiger partial charge on any atom is -0.507 e. The van der Waals surface area contributed by atoms with E-state index in [0.717, 1.165) is 29.8 Å². The van der Waals surface area contributed by atoms with Crippen molar-refractivity contribution in [3.05, 3.63) is 42.7 Å². The molecular weight excluding hydrogens is 388 g/mol. The molecule has 3 N–H and O–H groups in total. The summed E-state index contributed by atoms with van der Waals surface area (Å²) in [6.45, 7) is 0. The Balaban J connectivity index is 0.00000205. The first-order valence-corrected chi connectivity index (χ1v) is 9.82. The molecule has 3 atom stereocenters. The summed E-state index contributed by atoms with van der Waals surface area (Å²) in [7, 11) is 2.11. The summed E-state index contributed by atoms with van der Waals surface area (Å²) in [5, 5.41) is 29.7. The van der Waals surface area contributed by atoms with Gasteiger partial charge in [0, 0.05) is 42.5 Å². The van der Waals surface area contributed by atoms with Crippen LogP contribution in [0.25, 0.3) is 22.4 Å². The molecule has 1 unspecified atom stereocenters. The minimum atomic E-state index is 0. The van der Waals surface area contributed by atoms with Gasteiger partial charge in [-0.15, -0.1) is 22.6 Å². The van der Waals surface area contributed by atoms with Gasteiger partial charge in [0.05, 0.1) is 11.9 Å². The van der Waals surface area contributed by atoms with Crippen LogP contribution in [0.4, 0.5) is 5.82 Å². The fourth-order valence-corrected chi connectivity index (χ4v) is 4.52. The molecule has 2 aliphatic rings. The van der Waals surface area contributed by atoms with E-state index in [0.29, 0.717) is 29.4 Å². The standard InChI is InChI=1S/C21H24N6O.ClH/c1-27(17-9-15-3-4-16(10-17)24-15)21-7-6-19(25-26-21)18-5-2-13(8-20(18)28)14-11-22-23-12-14;/h2,5-8,11-12,15-17,24,28H,3-4,9-10H2,1H3,(H,22,23);1H/t15-,16+,17?;. The quantitative estimate of drug-likeness (QED) is 0.608. The van der Waals surface area contributed by atoms with Gasteiger partial charge in [0.1, 0.15) is 5.75 Å². The van der Waals surface area contributed by atoms with Crippen molar-refractivity contribution in [1.82, 2.24) is 25.7 Å². The van der Waals surface area contributed by atoms with E-state index in [-0.39, 0.29) is 18.2 Å². The van der Waals surface area contributed by atoms with E-state index in [1.807, 2.05) is 24.3 Å². The number of halogens is 1. The van der Waals surface area contributed by atoms with Gasteiger partial charge in [-0.25, -0.2) is 0 Å². The smallest absolute Gasteiger partial charge is 0.151 e. The fourth-order valence-electron chi connectivity index (χ4n) is 4.52. The summed E-state index contributed by atoms with van der Waals surface area (Å²) in [5.74, 6) is 1.06. The van der Waals surface area contributed by atoms with Crippen LogP contribution in [-0.4, -0.2) is 50.7 Å². The average molecular weight is 413 g/mol. The summed E-state index contributed by atoms with van der Waals surface area (Å²) in [6.07, 6.45) is 8.42. The first kappa shape index (κ1) is 19.7. The number of hydrogen-bond donors (Lipinski definition) is 3. The Morgan fingerprint density at radius 2 is 1.83 bits per heavy atom. The lowest BCUT2D eigenvalue weighted by atomic mass is 9.98. The van der Waals surface area contributed by atoms with Crippen molar-refractivity contribution in [2.24, 2.45) is 0 Å². The van der Waals surface area contributed by atoms with Crippen molar-refractivity contribution in [2.75, 3.05) is 11.9 Å². The molecule has 0 saturated carbocycles. The number of hydrogen-bond acceptors (Lipinski definition) is 6. The van der Waals surface area contributed by atoms with Crippen LogP contribution in [-0.2, 0) is 0 Å². The molecule has 0 amide bonds. The molecule has 2 fully saturated rings. The molecule has 3 aromatic rings. The van der Waals surface area contributed by atoms with E-state index in [9.17, 15) is 5.11 Å². The number of nitrogens with one attached hydrogen (secondary N) is 2. The van der Waals surface area contributed by atoms with E-state index in [1.165, 1.54) is 12.8 Å². The van der Waals surface area contributed by atoms with E-state index in [4.69, 9.17) is 0 Å². The summed E-state index contributed by atoms with van der Waals surface area (Å²) in [5.41, 5.74) is 3.17. The number of anilines is 1. The van der Waals surface area contributed by atoms with Crippen molar-refractivity contribution in [3.8, 4) is 28.1 Å². The zero-order chi connectivity index (χ0) is 19.1. The molecule has 1 aromatic carbocycles. The van der Waals surface area contributed by atoms with Gasteiger partial charge in [0.15, 0.2) is 5.82 Å². The van der Waals surface area contributed by atoms with E-state index in [2.05, 4.69) is 37.7 Å². The van der Waals surface area contributed by atoms with Gasteiger partial charge in [-0.05, 0) is 55.5 Å². The molecule has 8 heteroatoms. The molecule has 0 spiro atoms. The number of phenolic OH excluding ortho intramolecular Hbond substituents is 1. The van der Waals surface area contributed by atoms with Crippen molar-refractivity contribution in [3.63, 3.8) is 0 Å². The van der Waals surface area contributed by atoms with Crippen LogP contribution in [0.5, 0.6) is 5.75 Å². The molecule has 2 saturated heterocycles. The van der Waals surface area contributed by atoms with Gasteiger partial charge < -0.3 is 15.3 Å². The number of nitrogens with zero attached hydrogens (tertiary/aromatic N) is 4. The zero-order valence-electron chi connectivity index (χ0n) is 16.2. The average Bonchev–Trinajstić information content (AvgIpc) is 3.37. The number of aromatic nitrogens is 4. The highest BCUT2D eigenvalue weighted by atomic mass is 35.5. The van der Waals surface area contributed by atoms with Crippen molar-refractivity contribution < 1.29 is 5.11 Å². The Morgan fingerprint density at radius 3 is 2.45 bits per heavy atom. The van der Waals surface area contributed by atoms with Crippen LogP contribution in [0.1, 0.15) is 25.7 Å². The summed E-state index contributed by atoms with van der Waals surface area (Å²) >= 11 is 0. The Morgan fingerprint density at radius 1 is 1.03 bits per heavy atom. The third-order valence-electron chi connectivity index (χ3n) is 6.11. The maximum absolute atomic E-state index is 10.5. The third-order valence-corrected chi connectivity index (χ3v) is 6.11. The fraction of sp³-hybridized carbons (Fsp3) is 0.381. The molecule has 4 heterocycles. The van der Waals surface area contributed by atoms with Crippen LogP contribution in [0, 0.1) is 0 Å². The van der Waals surface area contributed by atoms with Crippen molar-refractivity contribution in [2.45, 2.75) is 43.8 Å². The predicted octanol–water partition coefficient (Wildman–Crippen LogP) is 3.38. The van der Waals surface area contributed by atoms with Crippen LogP contribution in [0.3, 0.4) is 0 Å². The number of aromatic hydroxyl groups is 1. The Labute approximate surface area is 176 Å². The van der Waals surface area contributed by atoms with Gasteiger partial charge in [-0.3, -0.25) is 5.10 Å². The second-order valence-corrected chi connectivity index (χ2v) is 7.87. The third kappa shape index (κ3) is 3.80. The lowest BCUT2D eigenvalue weighted by molar-refractivity contribution is 0.353. The Kier molecular flexibility index (Phi) is 5.43. The molecule has 0 radical (unpaired) electrons. The Bertz CT molecular complexity index is 950. The minimum absolute atomic E-state index is 0. The van der Waals surface area contributed by atoms with Crippen molar-refractivity contribution >= 4 is 18.2 Å². The molecule has 2 aromatic heterocycles. The lowest BCUT2D eigenvalue weighted by Crippen LogP contribution is -2.47. The Hall–Kier alpha value is -2.64. The second-order valence-electron chi connectivity index (χ2n) is 7.87. The van der Waals surface area contributed by atoms with Gasteiger partial charge in [0.25, 0.3) is 0 Å². The van der Waals surface area contributed by atoms with Crippen molar-refractivity contribution in [1.29, 1.82) is 0 Å². The number of piperidine rings is 1. The highest BCUT2D eigenvalue weighted by Gasteiger charge is 2.35. The van der Waals surface area contributed by atoms with Crippen LogP contribution >= 0.6 is 12.4 Å². The molecule has 7 nitrogen and oxygen atoms in total. The summed E-state index contributed by atoms with van der Waals surface area (Å²) in [4.78, 5) is 2.25. The maximum atomic E-state index is 10.5. The zero-order valence-corrected chi connectivity index (χ0v) is 17.1. The molecule has 29 heavy (non-hydrogen) atoms. The molecule has 2 aliphatic heterocycles. The topological polar surface area (TPSA) is 90.0 Å². The van der Waals surface area contributed by atoms with Crippen LogP contribution in [0.2, 0.25) is 0 Å². The van der Waals surface area contributed by atoms with Gasteiger partial charge in [-0.1, -0.05) is 6.07 Å². The monoisotopic (exact) mass is 412 g/mol. The lowest BCUT2D eigenvalue weighted by Gasteiger charge is -2.36. The number of fused-ring (bicyclic) bond motifs is 2. The van der Waals surface area contributed by atoms with E-state index >= 15 is 0 Å². The van der Waals surface area contributed by atoms with Crippen LogP contribution in [0.15, 0.2) is 42.7 Å². The summed E-state index contributed by atoms with van der Waals surface area (Å²) < 4.78 is 0. The van der Waals surface area contributed by atoms with Gasteiger partial charge in [-0.2, -0.15) is 5.10 Å². The first-order chi connectivity index (χ1) is 13.7. The van der Waals surface area contributed by atoms with E-state index < -0.39 is 0 Å².